The highest BCUT2D eigenvalue weighted by Gasteiger charge is 2.10. The minimum absolute atomic E-state index is 0.152. The van der Waals surface area contributed by atoms with E-state index in [0.29, 0.717) is 0 Å². The number of nitrogens with one attached hydrogen (secondary N) is 1. The second-order valence-electron chi connectivity index (χ2n) is 5.42. The Labute approximate surface area is 115 Å². The summed E-state index contributed by atoms with van der Waals surface area (Å²) in [5.41, 5.74) is 1.13. The van der Waals surface area contributed by atoms with Crippen LogP contribution in [0.25, 0.3) is 0 Å². The Morgan fingerprint density at radius 2 is 2.00 bits per heavy atom. The lowest BCUT2D eigenvalue weighted by Gasteiger charge is -2.14. The summed E-state index contributed by atoms with van der Waals surface area (Å²) in [6, 6.07) is 6.99. The van der Waals surface area contributed by atoms with Gasteiger partial charge in [0.15, 0.2) is 0 Å². The highest BCUT2D eigenvalue weighted by molar-refractivity contribution is 5.35. The summed E-state index contributed by atoms with van der Waals surface area (Å²) < 4.78 is 0. The molecule has 1 N–H and O–H groups in total. The summed E-state index contributed by atoms with van der Waals surface area (Å²) in [7, 11) is 0. The lowest BCUT2D eigenvalue weighted by atomic mass is 10.1. The van der Waals surface area contributed by atoms with E-state index in [-0.39, 0.29) is 16.7 Å². The van der Waals surface area contributed by atoms with Crippen molar-refractivity contribution in [3.05, 3.63) is 39.9 Å². The van der Waals surface area contributed by atoms with Gasteiger partial charge in [0.25, 0.3) is 5.69 Å². The van der Waals surface area contributed by atoms with Gasteiger partial charge in [0, 0.05) is 18.2 Å². The molecule has 1 aromatic rings. The van der Waals surface area contributed by atoms with Gasteiger partial charge >= 0.3 is 0 Å². The summed E-state index contributed by atoms with van der Waals surface area (Å²) in [5, 5.41) is 14.1. The number of nitro benzene ring substituents is 1. The molecule has 1 atom stereocenters. The van der Waals surface area contributed by atoms with E-state index >= 15 is 0 Å². The number of non-ortho nitro benzene ring substituents is 1. The molecule has 4 nitrogen and oxygen atoms in total. The highest BCUT2D eigenvalue weighted by atomic mass is 16.6. The smallest absolute Gasteiger partial charge is 0.269 e. The molecule has 0 bridgehead atoms. The molecule has 0 aliphatic carbocycles. The molecule has 0 amide bonds. The average molecular weight is 264 g/mol. The molecule has 0 saturated heterocycles. The lowest BCUT2D eigenvalue weighted by molar-refractivity contribution is -0.384. The topological polar surface area (TPSA) is 55.2 Å². The van der Waals surface area contributed by atoms with E-state index in [0.717, 1.165) is 24.4 Å². The van der Waals surface area contributed by atoms with Crippen molar-refractivity contribution in [1.29, 1.82) is 0 Å². The number of hydrogen-bond donors (Lipinski definition) is 1. The Morgan fingerprint density at radius 1 is 1.26 bits per heavy atom. The third-order valence-corrected chi connectivity index (χ3v) is 3.24. The van der Waals surface area contributed by atoms with Gasteiger partial charge in [-0.25, -0.2) is 0 Å². The zero-order valence-corrected chi connectivity index (χ0v) is 12.1. The fourth-order valence-corrected chi connectivity index (χ4v) is 2.02. The standard InChI is InChI=1S/C15H24N2O2/c1-12(2)7-4-5-10-16-13(3)14-8-6-9-15(11-14)17(18)19/h6,8-9,11-13,16H,4-5,7,10H2,1-3H3. The van der Waals surface area contributed by atoms with Crippen molar-refractivity contribution in [3.8, 4) is 0 Å². The first-order valence-electron chi connectivity index (χ1n) is 6.98. The van der Waals surface area contributed by atoms with Crippen LogP contribution in [0.3, 0.4) is 0 Å². The van der Waals surface area contributed by atoms with Crippen molar-refractivity contribution in [2.75, 3.05) is 6.54 Å². The minimum atomic E-state index is -0.348. The van der Waals surface area contributed by atoms with Crippen molar-refractivity contribution in [2.45, 2.75) is 46.1 Å². The molecule has 0 aromatic heterocycles. The van der Waals surface area contributed by atoms with E-state index < -0.39 is 0 Å². The van der Waals surface area contributed by atoms with Crippen molar-refractivity contribution in [3.63, 3.8) is 0 Å². The van der Waals surface area contributed by atoms with Crippen LogP contribution in [0.15, 0.2) is 24.3 Å². The second kappa shape index (κ2) is 7.89. The van der Waals surface area contributed by atoms with Gasteiger partial charge < -0.3 is 5.32 Å². The van der Waals surface area contributed by atoms with E-state index in [1.54, 1.807) is 12.1 Å². The lowest BCUT2D eigenvalue weighted by Crippen LogP contribution is -2.20. The monoisotopic (exact) mass is 264 g/mol. The van der Waals surface area contributed by atoms with Crippen LogP contribution in [0.5, 0.6) is 0 Å². The summed E-state index contributed by atoms with van der Waals surface area (Å²) in [5.74, 6) is 0.759. The number of nitro groups is 1. The minimum Gasteiger partial charge on any atom is -0.310 e. The van der Waals surface area contributed by atoms with Gasteiger partial charge in [0.05, 0.1) is 4.92 Å². The molecular weight excluding hydrogens is 240 g/mol. The molecule has 0 spiro atoms. The molecule has 0 aliphatic heterocycles. The number of nitrogens with zero attached hydrogens (tertiary/aromatic N) is 1. The molecule has 1 aromatic carbocycles. The van der Waals surface area contributed by atoms with E-state index in [1.807, 2.05) is 13.0 Å². The van der Waals surface area contributed by atoms with E-state index in [9.17, 15) is 10.1 Å². The highest BCUT2D eigenvalue weighted by Crippen LogP contribution is 2.19. The first kappa shape index (κ1) is 15.6. The molecular formula is C15H24N2O2. The third kappa shape index (κ3) is 5.83. The largest absolute Gasteiger partial charge is 0.310 e. The fraction of sp³-hybridized carbons (Fsp3) is 0.600. The Morgan fingerprint density at radius 3 is 2.63 bits per heavy atom. The summed E-state index contributed by atoms with van der Waals surface area (Å²) in [4.78, 5) is 10.4. The Kier molecular flexibility index (Phi) is 6.50. The summed E-state index contributed by atoms with van der Waals surface area (Å²) in [6.07, 6.45) is 3.64. The molecule has 0 saturated carbocycles. The number of hydrogen-bond acceptors (Lipinski definition) is 3. The molecule has 0 aliphatic rings. The van der Waals surface area contributed by atoms with Gasteiger partial charge in [-0.3, -0.25) is 10.1 Å². The van der Waals surface area contributed by atoms with Crippen molar-refractivity contribution in [1.82, 2.24) is 5.32 Å². The average Bonchev–Trinajstić information content (AvgIpc) is 2.37. The summed E-state index contributed by atoms with van der Waals surface area (Å²) >= 11 is 0. The van der Waals surface area contributed by atoms with Gasteiger partial charge in [-0.15, -0.1) is 0 Å². The summed E-state index contributed by atoms with van der Waals surface area (Å²) in [6.45, 7) is 7.47. The van der Waals surface area contributed by atoms with Crippen LogP contribution >= 0.6 is 0 Å². The van der Waals surface area contributed by atoms with Crippen LogP contribution in [0, 0.1) is 16.0 Å². The first-order chi connectivity index (χ1) is 9.00. The van der Waals surface area contributed by atoms with Crippen LogP contribution in [-0.4, -0.2) is 11.5 Å². The van der Waals surface area contributed by atoms with Gasteiger partial charge in [0.2, 0.25) is 0 Å². The molecule has 4 heteroatoms. The molecule has 0 heterocycles. The van der Waals surface area contributed by atoms with Gasteiger partial charge in [-0.05, 0) is 31.4 Å². The molecule has 106 valence electrons. The molecule has 0 fully saturated rings. The molecule has 1 unspecified atom stereocenters. The van der Waals surface area contributed by atoms with E-state index in [1.165, 1.54) is 18.9 Å². The number of rotatable bonds is 8. The Hall–Kier alpha value is -1.42. The Bertz CT molecular complexity index is 405. The quantitative estimate of drug-likeness (QED) is 0.437. The van der Waals surface area contributed by atoms with Gasteiger partial charge in [-0.2, -0.15) is 0 Å². The van der Waals surface area contributed by atoms with Crippen LogP contribution in [0.4, 0.5) is 5.69 Å². The predicted molar refractivity (Wildman–Crippen MR) is 78.2 cm³/mol. The van der Waals surface area contributed by atoms with Crippen LogP contribution in [0.2, 0.25) is 0 Å². The van der Waals surface area contributed by atoms with Gasteiger partial charge in [0.1, 0.15) is 0 Å². The van der Waals surface area contributed by atoms with Crippen molar-refractivity contribution in [2.24, 2.45) is 5.92 Å². The van der Waals surface area contributed by atoms with Gasteiger partial charge in [-0.1, -0.05) is 38.8 Å². The first-order valence-corrected chi connectivity index (χ1v) is 6.98. The third-order valence-electron chi connectivity index (χ3n) is 3.24. The Balaban J connectivity index is 2.38. The van der Waals surface area contributed by atoms with E-state index in [2.05, 4.69) is 19.2 Å². The van der Waals surface area contributed by atoms with Crippen LogP contribution < -0.4 is 5.32 Å². The zero-order valence-electron chi connectivity index (χ0n) is 12.1. The second-order valence-corrected chi connectivity index (χ2v) is 5.42. The van der Waals surface area contributed by atoms with Crippen molar-refractivity contribution >= 4 is 5.69 Å². The van der Waals surface area contributed by atoms with Crippen molar-refractivity contribution < 1.29 is 4.92 Å². The molecule has 19 heavy (non-hydrogen) atoms. The molecule has 0 radical (unpaired) electrons. The number of benzene rings is 1. The van der Waals surface area contributed by atoms with E-state index in [4.69, 9.17) is 0 Å². The zero-order chi connectivity index (χ0) is 14.3. The maximum Gasteiger partial charge on any atom is 0.269 e. The SMILES string of the molecule is CC(C)CCCCNC(C)c1cccc([N+](=O)[O-])c1. The van der Waals surface area contributed by atoms with Crippen LogP contribution in [-0.2, 0) is 0 Å². The number of unbranched alkanes of at least 4 members (excludes halogenated alkanes) is 1. The fourth-order valence-electron chi connectivity index (χ4n) is 2.02. The maximum absolute atomic E-state index is 10.7. The maximum atomic E-state index is 10.7. The molecule has 1 rings (SSSR count). The van der Waals surface area contributed by atoms with Crippen LogP contribution in [0.1, 0.15) is 51.6 Å². The predicted octanol–water partition coefficient (Wildman–Crippen LogP) is 4.07. The normalized spacial score (nSPS) is 12.6.